The smallest absolute Gasteiger partial charge is 0.263 e. The van der Waals surface area contributed by atoms with Crippen LogP contribution in [0.25, 0.3) is 0 Å². The molecule has 0 unspecified atom stereocenters. The van der Waals surface area contributed by atoms with Gasteiger partial charge in [0, 0.05) is 4.47 Å². The van der Waals surface area contributed by atoms with E-state index in [1.807, 2.05) is 0 Å². The summed E-state index contributed by atoms with van der Waals surface area (Å²) >= 11 is 9.15. The van der Waals surface area contributed by atoms with E-state index in [9.17, 15) is 13.5 Å². The Morgan fingerprint density at radius 3 is 2.55 bits per heavy atom. The highest BCUT2D eigenvalue weighted by Gasteiger charge is 2.19. The molecule has 0 aliphatic rings. The maximum atomic E-state index is 12.3. The first-order valence-corrected chi connectivity index (χ1v) is 8.22. The fourth-order valence-electron chi connectivity index (χ4n) is 1.62. The normalized spacial score (nSPS) is 11.3. The van der Waals surface area contributed by atoms with E-state index < -0.39 is 10.0 Å². The van der Waals surface area contributed by atoms with Gasteiger partial charge in [0.05, 0.1) is 10.7 Å². The average Bonchev–Trinajstić information content (AvgIpc) is 2.33. The second kappa shape index (κ2) is 5.63. The molecule has 7 heteroatoms. The summed E-state index contributed by atoms with van der Waals surface area (Å²) in [6.45, 7) is 1.80. The third-order valence-corrected chi connectivity index (χ3v) is 4.92. The third kappa shape index (κ3) is 3.26. The molecule has 0 amide bonds. The minimum Gasteiger partial charge on any atom is -0.506 e. The molecule has 4 nitrogen and oxygen atoms in total. The molecule has 0 radical (unpaired) electrons. The molecule has 2 rings (SSSR count). The SMILES string of the molecule is Cc1ccc(O)c(NS(=O)(=O)c2ccc(Br)cc2Cl)c1. The van der Waals surface area contributed by atoms with E-state index in [4.69, 9.17) is 11.6 Å². The predicted octanol–water partition coefficient (Wildman–Crippen LogP) is 3.92. The van der Waals surface area contributed by atoms with Crippen LogP contribution >= 0.6 is 27.5 Å². The van der Waals surface area contributed by atoms with Crippen molar-refractivity contribution in [3.63, 3.8) is 0 Å². The molecule has 2 N–H and O–H groups in total. The summed E-state index contributed by atoms with van der Waals surface area (Å²) in [6.07, 6.45) is 0. The van der Waals surface area contributed by atoms with Crippen molar-refractivity contribution in [2.75, 3.05) is 4.72 Å². The zero-order valence-electron chi connectivity index (χ0n) is 10.4. The van der Waals surface area contributed by atoms with Crippen molar-refractivity contribution in [2.45, 2.75) is 11.8 Å². The largest absolute Gasteiger partial charge is 0.506 e. The van der Waals surface area contributed by atoms with Gasteiger partial charge in [-0.15, -0.1) is 0 Å². The standard InChI is InChI=1S/C13H11BrClNO3S/c1-8-2-4-12(17)11(6-8)16-20(18,19)13-5-3-9(14)7-10(13)15/h2-7,16-17H,1H3. The Kier molecular flexibility index (Phi) is 4.27. The van der Waals surface area contributed by atoms with E-state index in [1.165, 1.54) is 18.2 Å². The molecule has 2 aromatic rings. The third-order valence-electron chi connectivity index (χ3n) is 2.58. The quantitative estimate of drug-likeness (QED) is 0.798. The van der Waals surface area contributed by atoms with E-state index in [-0.39, 0.29) is 21.4 Å². The molecule has 0 saturated heterocycles. The lowest BCUT2D eigenvalue weighted by atomic mass is 10.2. The van der Waals surface area contributed by atoms with Crippen LogP contribution in [0.1, 0.15) is 5.56 Å². The Labute approximate surface area is 130 Å². The first kappa shape index (κ1) is 15.2. The van der Waals surface area contributed by atoms with Gasteiger partial charge >= 0.3 is 0 Å². The van der Waals surface area contributed by atoms with Gasteiger partial charge in [0.25, 0.3) is 10.0 Å². The number of phenolic OH excluding ortho intramolecular Hbond substituents is 1. The monoisotopic (exact) mass is 375 g/mol. The molecule has 0 bridgehead atoms. The highest BCUT2D eigenvalue weighted by Crippen LogP contribution is 2.30. The molecule has 0 aliphatic carbocycles. The number of rotatable bonds is 3. The van der Waals surface area contributed by atoms with Gasteiger partial charge in [0.1, 0.15) is 10.6 Å². The topological polar surface area (TPSA) is 66.4 Å². The van der Waals surface area contributed by atoms with Crippen LogP contribution in [0.3, 0.4) is 0 Å². The van der Waals surface area contributed by atoms with Crippen molar-refractivity contribution in [2.24, 2.45) is 0 Å². The highest BCUT2D eigenvalue weighted by atomic mass is 79.9. The molecule has 0 heterocycles. The zero-order valence-corrected chi connectivity index (χ0v) is 13.6. The van der Waals surface area contributed by atoms with Gasteiger partial charge in [-0.05, 0) is 42.8 Å². The molecule has 0 aliphatic heterocycles. The summed E-state index contributed by atoms with van der Waals surface area (Å²) < 4.78 is 27.6. The summed E-state index contributed by atoms with van der Waals surface area (Å²) in [7, 11) is -3.86. The predicted molar refractivity (Wildman–Crippen MR) is 82.8 cm³/mol. The van der Waals surface area contributed by atoms with E-state index in [2.05, 4.69) is 20.7 Å². The summed E-state index contributed by atoms with van der Waals surface area (Å²) in [5.41, 5.74) is 0.936. The van der Waals surface area contributed by atoms with Gasteiger partial charge in [-0.2, -0.15) is 0 Å². The molecule has 0 aromatic heterocycles. The minimum absolute atomic E-state index is 0.0525. The van der Waals surface area contributed by atoms with E-state index in [1.54, 1.807) is 25.1 Å². The van der Waals surface area contributed by atoms with Gasteiger partial charge in [-0.1, -0.05) is 33.6 Å². The fraction of sp³-hybridized carbons (Fsp3) is 0.0769. The molecule has 0 spiro atoms. The van der Waals surface area contributed by atoms with Crippen LogP contribution in [0.2, 0.25) is 5.02 Å². The van der Waals surface area contributed by atoms with Gasteiger partial charge in [0.15, 0.2) is 0 Å². The lowest BCUT2D eigenvalue weighted by molar-refractivity contribution is 0.477. The second-order valence-electron chi connectivity index (χ2n) is 4.20. The summed E-state index contributed by atoms with van der Waals surface area (Å²) in [4.78, 5) is -0.0525. The number of nitrogens with one attached hydrogen (secondary N) is 1. The lowest BCUT2D eigenvalue weighted by Gasteiger charge is -2.11. The van der Waals surface area contributed by atoms with Gasteiger partial charge in [-0.25, -0.2) is 8.42 Å². The number of halogens is 2. The molecule has 20 heavy (non-hydrogen) atoms. The van der Waals surface area contributed by atoms with Crippen LogP contribution in [0, 0.1) is 6.92 Å². The molecule has 0 saturated carbocycles. The lowest BCUT2D eigenvalue weighted by Crippen LogP contribution is -2.13. The number of aromatic hydroxyl groups is 1. The minimum atomic E-state index is -3.86. The molecule has 0 atom stereocenters. The summed E-state index contributed by atoms with van der Waals surface area (Å²) in [5, 5.41) is 9.79. The maximum Gasteiger partial charge on any atom is 0.263 e. The van der Waals surface area contributed by atoms with Crippen molar-refractivity contribution >= 4 is 43.2 Å². The van der Waals surface area contributed by atoms with E-state index in [0.29, 0.717) is 4.47 Å². The Morgan fingerprint density at radius 1 is 1.20 bits per heavy atom. The molecular weight excluding hydrogens is 366 g/mol. The number of phenols is 1. The number of hydrogen-bond acceptors (Lipinski definition) is 3. The van der Waals surface area contributed by atoms with E-state index >= 15 is 0 Å². The number of aryl methyl sites for hydroxylation is 1. The molecule has 0 fully saturated rings. The average molecular weight is 377 g/mol. The molecular formula is C13H11BrClNO3S. The van der Waals surface area contributed by atoms with Gasteiger partial charge < -0.3 is 5.11 Å². The number of anilines is 1. The van der Waals surface area contributed by atoms with Crippen molar-refractivity contribution in [1.82, 2.24) is 0 Å². The molecule has 106 valence electrons. The zero-order chi connectivity index (χ0) is 14.9. The van der Waals surface area contributed by atoms with Crippen LogP contribution in [-0.4, -0.2) is 13.5 Å². The van der Waals surface area contributed by atoms with Crippen LogP contribution in [0.4, 0.5) is 5.69 Å². The Hall–Kier alpha value is -1.24. The summed E-state index contributed by atoms with van der Waals surface area (Å²) in [6, 6.07) is 9.11. The van der Waals surface area contributed by atoms with Crippen LogP contribution in [-0.2, 0) is 10.0 Å². The number of benzene rings is 2. The van der Waals surface area contributed by atoms with Crippen molar-refractivity contribution < 1.29 is 13.5 Å². The first-order chi connectivity index (χ1) is 9.29. The summed E-state index contributed by atoms with van der Waals surface area (Å²) in [5.74, 6) is -0.146. The van der Waals surface area contributed by atoms with Crippen molar-refractivity contribution in [3.05, 3.63) is 51.5 Å². The van der Waals surface area contributed by atoms with Crippen LogP contribution in [0.5, 0.6) is 5.75 Å². The van der Waals surface area contributed by atoms with Crippen molar-refractivity contribution in [3.8, 4) is 5.75 Å². The van der Waals surface area contributed by atoms with Crippen LogP contribution < -0.4 is 4.72 Å². The Bertz CT molecular complexity index is 762. The van der Waals surface area contributed by atoms with Gasteiger partial charge in [-0.3, -0.25) is 4.72 Å². The highest BCUT2D eigenvalue weighted by molar-refractivity contribution is 9.10. The Morgan fingerprint density at radius 2 is 1.90 bits per heavy atom. The Balaban J connectivity index is 2.43. The fourth-order valence-corrected chi connectivity index (χ4v) is 3.73. The van der Waals surface area contributed by atoms with Crippen molar-refractivity contribution in [1.29, 1.82) is 0 Å². The first-order valence-electron chi connectivity index (χ1n) is 5.57. The van der Waals surface area contributed by atoms with Crippen LogP contribution in [0.15, 0.2) is 45.8 Å². The number of hydrogen-bond donors (Lipinski definition) is 2. The van der Waals surface area contributed by atoms with Gasteiger partial charge in [0.2, 0.25) is 0 Å². The molecule has 2 aromatic carbocycles. The van der Waals surface area contributed by atoms with E-state index in [0.717, 1.165) is 5.56 Å². The number of sulfonamides is 1. The maximum absolute atomic E-state index is 12.3. The second-order valence-corrected chi connectivity index (χ2v) is 7.17.